The highest BCUT2D eigenvalue weighted by molar-refractivity contribution is 7.09. The van der Waals surface area contributed by atoms with Gasteiger partial charge in [0.2, 0.25) is 0 Å². The molecule has 0 radical (unpaired) electrons. The highest BCUT2D eigenvalue weighted by Gasteiger charge is 2.50. The molecule has 4 bridgehead atoms. The van der Waals surface area contributed by atoms with Gasteiger partial charge in [-0.25, -0.2) is 4.79 Å². The van der Waals surface area contributed by atoms with Crippen LogP contribution in [0.25, 0.3) is 0 Å². The molecule has 0 spiro atoms. The van der Waals surface area contributed by atoms with Crippen LogP contribution in [0.15, 0.2) is 17.5 Å². The standard InChI is InChI=1S/C18H26N2OS/c1-20(11-16-3-2-4-22-16)17(21)19-12-18-8-13-5-14(9-18)7-15(6-13)10-18/h2-4,13-15H,5-12H2,1H3,(H,19,21). The number of nitrogens with zero attached hydrogens (tertiary/aromatic N) is 1. The molecular formula is C18H26N2OS. The minimum atomic E-state index is 0.0872. The van der Waals surface area contributed by atoms with Crippen molar-refractivity contribution in [2.75, 3.05) is 13.6 Å². The summed E-state index contributed by atoms with van der Waals surface area (Å²) < 4.78 is 0. The van der Waals surface area contributed by atoms with Gasteiger partial charge in [0.15, 0.2) is 0 Å². The summed E-state index contributed by atoms with van der Waals surface area (Å²) >= 11 is 1.71. The number of carbonyl (C=O) groups excluding carboxylic acids is 1. The third kappa shape index (κ3) is 2.78. The normalized spacial score (nSPS) is 35.6. The lowest BCUT2D eigenvalue weighted by molar-refractivity contribution is -0.0501. The van der Waals surface area contributed by atoms with Crippen molar-refractivity contribution in [3.05, 3.63) is 22.4 Å². The van der Waals surface area contributed by atoms with Crippen LogP contribution < -0.4 is 5.32 Å². The van der Waals surface area contributed by atoms with Gasteiger partial charge in [-0.15, -0.1) is 11.3 Å². The first-order valence-electron chi connectivity index (χ1n) is 8.63. The number of nitrogens with one attached hydrogen (secondary N) is 1. The van der Waals surface area contributed by atoms with E-state index < -0.39 is 0 Å². The highest BCUT2D eigenvalue weighted by Crippen LogP contribution is 2.59. The fourth-order valence-electron chi connectivity index (χ4n) is 5.61. The lowest BCUT2D eigenvalue weighted by atomic mass is 9.49. The second-order valence-electron chi connectivity index (χ2n) is 8.01. The van der Waals surface area contributed by atoms with Crippen LogP contribution in [0.4, 0.5) is 4.79 Å². The fourth-order valence-corrected chi connectivity index (χ4v) is 6.37. The van der Waals surface area contributed by atoms with Gasteiger partial charge in [-0.3, -0.25) is 0 Å². The lowest BCUT2D eigenvalue weighted by Gasteiger charge is -2.57. The molecule has 5 rings (SSSR count). The maximum Gasteiger partial charge on any atom is 0.317 e. The molecule has 1 aromatic rings. The first-order valence-corrected chi connectivity index (χ1v) is 9.51. The summed E-state index contributed by atoms with van der Waals surface area (Å²) in [5.74, 6) is 2.85. The highest BCUT2D eigenvalue weighted by atomic mass is 32.1. The summed E-state index contributed by atoms with van der Waals surface area (Å²) in [5, 5.41) is 5.31. The van der Waals surface area contributed by atoms with Crippen LogP contribution >= 0.6 is 11.3 Å². The van der Waals surface area contributed by atoms with E-state index in [1.54, 1.807) is 11.3 Å². The van der Waals surface area contributed by atoms with Crippen molar-refractivity contribution in [2.24, 2.45) is 23.2 Å². The zero-order chi connectivity index (χ0) is 15.2. The van der Waals surface area contributed by atoms with Gasteiger partial charge in [0, 0.05) is 18.5 Å². The number of rotatable bonds is 4. The van der Waals surface area contributed by atoms with Gasteiger partial charge in [-0.05, 0) is 73.1 Å². The molecule has 0 aromatic carbocycles. The Morgan fingerprint density at radius 2 is 1.91 bits per heavy atom. The van der Waals surface area contributed by atoms with Gasteiger partial charge in [-0.1, -0.05) is 6.07 Å². The molecule has 1 N–H and O–H groups in total. The van der Waals surface area contributed by atoms with E-state index in [0.29, 0.717) is 12.0 Å². The van der Waals surface area contributed by atoms with Crippen LogP contribution in [0.2, 0.25) is 0 Å². The van der Waals surface area contributed by atoms with E-state index >= 15 is 0 Å². The number of hydrogen-bond acceptors (Lipinski definition) is 2. The molecule has 1 heterocycles. The first kappa shape index (κ1) is 14.6. The second kappa shape index (κ2) is 5.55. The molecule has 4 saturated carbocycles. The van der Waals surface area contributed by atoms with E-state index in [9.17, 15) is 4.79 Å². The molecule has 120 valence electrons. The largest absolute Gasteiger partial charge is 0.337 e. The van der Waals surface area contributed by atoms with Crippen LogP contribution in [0.3, 0.4) is 0 Å². The Morgan fingerprint density at radius 1 is 1.27 bits per heavy atom. The topological polar surface area (TPSA) is 32.3 Å². The van der Waals surface area contributed by atoms with Crippen molar-refractivity contribution in [1.29, 1.82) is 0 Å². The van der Waals surface area contributed by atoms with E-state index in [0.717, 1.165) is 24.3 Å². The molecule has 2 amide bonds. The van der Waals surface area contributed by atoms with E-state index in [4.69, 9.17) is 0 Å². The predicted molar refractivity (Wildman–Crippen MR) is 89.8 cm³/mol. The van der Waals surface area contributed by atoms with E-state index in [1.807, 2.05) is 18.0 Å². The Bertz CT molecular complexity index is 504. The SMILES string of the molecule is CN(Cc1cccs1)C(=O)NCC12CC3CC(CC(C3)C1)C2. The molecule has 1 aromatic heterocycles. The molecule has 22 heavy (non-hydrogen) atoms. The summed E-state index contributed by atoms with van der Waals surface area (Å²) in [7, 11) is 1.90. The van der Waals surface area contributed by atoms with Gasteiger partial charge in [0.25, 0.3) is 0 Å². The molecule has 0 saturated heterocycles. The van der Waals surface area contributed by atoms with Gasteiger partial charge in [0.05, 0.1) is 6.54 Å². The molecular weight excluding hydrogens is 292 g/mol. The molecule has 0 aliphatic heterocycles. The van der Waals surface area contributed by atoms with Gasteiger partial charge in [-0.2, -0.15) is 0 Å². The number of hydrogen-bond donors (Lipinski definition) is 1. The van der Waals surface area contributed by atoms with Crippen molar-refractivity contribution in [2.45, 2.75) is 45.1 Å². The van der Waals surface area contributed by atoms with Crippen molar-refractivity contribution in [3.63, 3.8) is 0 Å². The maximum absolute atomic E-state index is 12.4. The third-order valence-electron chi connectivity index (χ3n) is 6.10. The summed E-state index contributed by atoms with van der Waals surface area (Å²) in [6.07, 6.45) is 8.46. The Balaban J connectivity index is 1.33. The Morgan fingerprint density at radius 3 is 2.45 bits per heavy atom. The minimum absolute atomic E-state index is 0.0872. The summed E-state index contributed by atoms with van der Waals surface area (Å²) in [6, 6.07) is 4.22. The van der Waals surface area contributed by atoms with Crippen molar-refractivity contribution >= 4 is 17.4 Å². The molecule has 0 atom stereocenters. The molecule has 4 aliphatic rings. The van der Waals surface area contributed by atoms with Crippen LogP contribution in [0.1, 0.15) is 43.4 Å². The van der Waals surface area contributed by atoms with Crippen molar-refractivity contribution in [1.82, 2.24) is 10.2 Å². The smallest absolute Gasteiger partial charge is 0.317 e. The van der Waals surface area contributed by atoms with Crippen LogP contribution in [-0.4, -0.2) is 24.5 Å². The van der Waals surface area contributed by atoms with Gasteiger partial charge in [0.1, 0.15) is 0 Å². The number of urea groups is 1. The zero-order valence-electron chi connectivity index (χ0n) is 13.4. The monoisotopic (exact) mass is 318 g/mol. The number of amides is 2. The average Bonchev–Trinajstić information content (AvgIpc) is 2.96. The lowest BCUT2D eigenvalue weighted by Crippen LogP contribution is -2.52. The molecule has 3 nitrogen and oxygen atoms in total. The van der Waals surface area contributed by atoms with Crippen molar-refractivity contribution in [3.8, 4) is 0 Å². The van der Waals surface area contributed by atoms with E-state index in [2.05, 4.69) is 16.8 Å². The van der Waals surface area contributed by atoms with E-state index in [-0.39, 0.29) is 6.03 Å². The maximum atomic E-state index is 12.4. The Labute approximate surface area is 137 Å². The van der Waals surface area contributed by atoms with E-state index in [1.165, 1.54) is 43.4 Å². The summed E-state index contributed by atoms with van der Waals surface area (Å²) in [6.45, 7) is 1.61. The fraction of sp³-hybridized carbons (Fsp3) is 0.722. The quantitative estimate of drug-likeness (QED) is 0.890. The molecule has 4 heteroatoms. The Kier molecular flexibility index (Phi) is 3.67. The molecule has 4 aliphatic carbocycles. The predicted octanol–water partition coefficient (Wildman–Crippen LogP) is 4.11. The Hall–Kier alpha value is -1.03. The summed E-state index contributed by atoms with van der Waals surface area (Å²) in [5.41, 5.74) is 0.425. The first-order chi connectivity index (χ1) is 10.6. The van der Waals surface area contributed by atoms with Crippen LogP contribution in [-0.2, 0) is 6.54 Å². The van der Waals surface area contributed by atoms with Gasteiger partial charge < -0.3 is 10.2 Å². The average molecular weight is 318 g/mol. The van der Waals surface area contributed by atoms with Crippen molar-refractivity contribution < 1.29 is 4.79 Å². The summed E-state index contributed by atoms with van der Waals surface area (Å²) in [4.78, 5) is 15.4. The third-order valence-corrected chi connectivity index (χ3v) is 6.96. The molecule has 0 unspecified atom stereocenters. The number of carbonyl (C=O) groups is 1. The minimum Gasteiger partial charge on any atom is -0.337 e. The van der Waals surface area contributed by atoms with Crippen LogP contribution in [0.5, 0.6) is 0 Å². The van der Waals surface area contributed by atoms with Crippen LogP contribution in [0, 0.1) is 23.2 Å². The second-order valence-corrected chi connectivity index (χ2v) is 9.04. The van der Waals surface area contributed by atoms with Gasteiger partial charge >= 0.3 is 6.03 Å². The number of thiophene rings is 1. The zero-order valence-corrected chi connectivity index (χ0v) is 14.2. The molecule has 4 fully saturated rings.